The van der Waals surface area contributed by atoms with Gasteiger partial charge in [0.25, 0.3) is 0 Å². The molecule has 0 heterocycles. The lowest BCUT2D eigenvalue weighted by molar-refractivity contribution is -0.139. The van der Waals surface area contributed by atoms with Crippen molar-refractivity contribution in [1.29, 1.82) is 0 Å². The maximum atomic E-state index is 10.2. The van der Waals surface area contributed by atoms with Gasteiger partial charge in [-0.1, -0.05) is 13.8 Å². The molecule has 0 aliphatic heterocycles. The molecule has 2 atom stereocenters. The maximum Gasteiger partial charge on any atom is 0.320 e. The molecule has 0 fully saturated rings. The van der Waals surface area contributed by atoms with Crippen molar-refractivity contribution in [2.75, 3.05) is 18.3 Å². The molecule has 0 aromatic carbocycles. The molecule has 0 rings (SSSR count). The zero-order chi connectivity index (χ0) is 15.6. The van der Waals surface area contributed by atoms with Crippen LogP contribution >= 0.6 is 0 Å². The van der Waals surface area contributed by atoms with E-state index in [1.165, 1.54) is 0 Å². The van der Waals surface area contributed by atoms with Gasteiger partial charge in [0.1, 0.15) is 17.8 Å². The van der Waals surface area contributed by atoms with Crippen LogP contribution in [0.4, 0.5) is 0 Å². The van der Waals surface area contributed by atoms with E-state index in [1.807, 2.05) is 13.8 Å². The Morgan fingerprint density at radius 1 is 1.05 bits per heavy atom. The Hall–Kier alpha value is -0.790. The highest BCUT2D eigenvalue weighted by Crippen LogP contribution is 2.01. The van der Waals surface area contributed by atoms with Crippen molar-refractivity contribution in [1.82, 2.24) is 0 Å². The van der Waals surface area contributed by atoms with Crippen molar-refractivity contribution in [3.8, 4) is 0 Å². The second kappa shape index (κ2) is 11.1. The second-order valence-corrected chi connectivity index (χ2v) is 7.38. The van der Waals surface area contributed by atoms with E-state index in [-0.39, 0.29) is 0 Å². The summed E-state index contributed by atoms with van der Waals surface area (Å²) < 4.78 is 0. The molecule has 0 aliphatic carbocycles. The summed E-state index contributed by atoms with van der Waals surface area (Å²) in [6.45, 7) is 3.89. The molecule has 0 aromatic rings. The Labute approximate surface area is 117 Å². The summed E-state index contributed by atoms with van der Waals surface area (Å²) in [6.07, 6.45) is 5.30. The third-order valence-corrected chi connectivity index (χ3v) is 3.25. The molecule has 114 valence electrons. The average Bonchev–Trinajstić information content (AvgIpc) is 2.25. The molecule has 2 unspecified atom stereocenters. The van der Waals surface area contributed by atoms with E-state index in [1.54, 1.807) is 0 Å². The van der Waals surface area contributed by atoms with E-state index in [0.29, 0.717) is 29.7 Å². The first kappa shape index (κ1) is 20.5. The number of carbonyl (C=O) groups is 2. The summed E-state index contributed by atoms with van der Waals surface area (Å²) in [6, 6.07) is -1.36. The lowest BCUT2D eigenvalue weighted by Crippen LogP contribution is -2.31. The third-order valence-electron chi connectivity index (χ3n) is 2.20. The van der Waals surface area contributed by atoms with Crippen LogP contribution in [0.1, 0.15) is 26.7 Å². The van der Waals surface area contributed by atoms with E-state index in [2.05, 4.69) is 12.5 Å². The van der Waals surface area contributed by atoms with Gasteiger partial charge in [0.05, 0.1) is 12.5 Å². The molecule has 0 aromatic heterocycles. The number of aliphatic carboxylic acids is 2. The first-order chi connectivity index (χ1) is 8.57. The summed E-state index contributed by atoms with van der Waals surface area (Å²) in [7, 11) is 0.304. The predicted octanol–water partition coefficient (Wildman–Crippen LogP) is 0.111. The van der Waals surface area contributed by atoms with Crippen LogP contribution in [0.2, 0.25) is 0 Å². The largest absolute Gasteiger partial charge is 0.480 e. The molecule has 6 N–H and O–H groups in total. The molecule has 0 saturated heterocycles. The molecule has 0 spiro atoms. The van der Waals surface area contributed by atoms with Crippen LogP contribution in [0, 0.1) is 5.92 Å². The zero-order valence-corrected chi connectivity index (χ0v) is 12.9. The van der Waals surface area contributed by atoms with E-state index in [9.17, 15) is 9.59 Å². The van der Waals surface area contributed by atoms with Gasteiger partial charge in [-0.2, -0.15) is 0 Å². The van der Waals surface area contributed by atoms with Gasteiger partial charge in [-0.05, 0) is 23.2 Å². The van der Waals surface area contributed by atoms with E-state index < -0.39 is 24.0 Å². The minimum absolute atomic E-state index is 0.304. The summed E-state index contributed by atoms with van der Waals surface area (Å²) in [5.74, 6) is -0.543. The highest BCUT2D eigenvalue weighted by Gasteiger charge is 2.14. The molecule has 0 aliphatic rings. The smallest absolute Gasteiger partial charge is 0.320 e. The van der Waals surface area contributed by atoms with Crippen molar-refractivity contribution in [2.45, 2.75) is 38.8 Å². The fourth-order valence-electron chi connectivity index (χ4n) is 1.09. The van der Waals surface area contributed by atoms with E-state index >= 15 is 0 Å². The van der Waals surface area contributed by atoms with Gasteiger partial charge in [-0.25, -0.2) is 0 Å². The summed E-state index contributed by atoms with van der Waals surface area (Å²) in [5, 5.41) is 16.7. The molecule has 0 saturated carbocycles. The van der Waals surface area contributed by atoms with Crippen LogP contribution < -0.4 is 11.5 Å². The maximum absolute atomic E-state index is 10.2. The number of nitrogens with two attached hydrogens (primary N) is 2. The van der Waals surface area contributed by atoms with Gasteiger partial charge in [0.2, 0.25) is 0 Å². The molecule has 0 amide bonds. The van der Waals surface area contributed by atoms with Crippen LogP contribution in [0.5, 0.6) is 0 Å². The highest BCUT2D eigenvalue weighted by atomic mass is 32.2. The Morgan fingerprint density at radius 3 is 1.68 bits per heavy atom. The number of hydrogen-bond acceptors (Lipinski definition) is 4. The van der Waals surface area contributed by atoms with Gasteiger partial charge in [-0.15, -0.1) is 0 Å². The van der Waals surface area contributed by atoms with Crippen LogP contribution in [0.15, 0.2) is 0 Å². The van der Waals surface area contributed by atoms with Gasteiger partial charge in [0.15, 0.2) is 0 Å². The Kier molecular flexibility index (Phi) is 12.0. The van der Waals surface area contributed by atoms with Crippen LogP contribution in [-0.2, 0) is 20.5 Å². The van der Waals surface area contributed by atoms with Gasteiger partial charge >= 0.3 is 11.9 Å². The summed E-state index contributed by atoms with van der Waals surface area (Å²) in [4.78, 5) is 20.3. The molecule has 7 heteroatoms. The van der Waals surface area contributed by atoms with Crippen LogP contribution in [0.25, 0.3) is 0 Å². The Balaban J connectivity index is 0. The van der Waals surface area contributed by atoms with E-state index in [4.69, 9.17) is 21.7 Å². The van der Waals surface area contributed by atoms with Crippen molar-refractivity contribution in [2.24, 2.45) is 17.4 Å². The van der Waals surface area contributed by atoms with Gasteiger partial charge in [0, 0.05) is 6.42 Å². The van der Waals surface area contributed by atoms with Crippen molar-refractivity contribution < 1.29 is 19.8 Å². The van der Waals surface area contributed by atoms with Crippen molar-refractivity contribution in [3.63, 3.8) is 0 Å². The molecule has 0 bridgehead atoms. The zero-order valence-electron chi connectivity index (χ0n) is 12.1. The lowest BCUT2D eigenvalue weighted by Gasteiger charge is -2.07. The SMILES string of the molecule is CC(C)CC(N)C(=O)O.C[S+](C)CCC(N)C(=O)O. The monoisotopic (exact) mass is 295 g/mol. The first-order valence-electron chi connectivity index (χ1n) is 6.08. The standard InChI is InChI=1S/C6H13NO2S.C6H13NO2/c1-10(2)4-3-5(7)6(8)9;1-4(2)3-5(7)6(8)9/h5H,3-4,7H2,1-2H3;4-5H,3,7H2,1-2H3,(H,8,9)/p+1. The minimum atomic E-state index is -0.913. The highest BCUT2D eigenvalue weighted by molar-refractivity contribution is 7.95. The topological polar surface area (TPSA) is 127 Å². The van der Waals surface area contributed by atoms with Gasteiger partial charge < -0.3 is 21.7 Å². The summed E-state index contributed by atoms with van der Waals surface area (Å²) >= 11 is 0. The molecular formula is C12H27N2O4S+. The van der Waals surface area contributed by atoms with Crippen molar-refractivity contribution in [3.05, 3.63) is 0 Å². The van der Waals surface area contributed by atoms with Crippen LogP contribution in [-0.4, -0.2) is 52.5 Å². The number of rotatable bonds is 7. The lowest BCUT2D eigenvalue weighted by atomic mass is 10.1. The first-order valence-corrected chi connectivity index (χ1v) is 8.29. The Morgan fingerprint density at radius 2 is 1.47 bits per heavy atom. The quantitative estimate of drug-likeness (QED) is 0.494. The molecular weight excluding hydrogens is 268 g/mol. The fourth-order valence-corrected chi connectivity index (χ4v) is 1.82. The number of carboxylic acid groups (broad SMARTS) is 2. The molecule has 0 radical (unpaired) electrons. The van der Waals surface area contributed by atoms with Crippen LogP contribution in [0.3, 0.4) is 0 Å². The summed E-state index contributed by atoms with van der Waals surface area (Å²) in [5.41, 5.74) is 10.5. The molecule has 19 heavy (non-hydrogen) atoms. The number of hydrogen-bond donors (Lipinski definition) is 4. The number of carboxylic acids is 2. The predicted molar refractivity (Wildman–Crippen MR) is 79.4 cm³/mol. The minimum Gasteiger partial charge on any atom is -0.480 e. The normalized spacial score (nSPS) is 13.7. The third kappa shape index (κ3) is 15.2. The Bertz CT molecular complexity index is 272. The van der Waals surface area contributed by atoms with Gasteiger partial charge in [-0.3, -0.25) is 9.59 Å². The average molecular weight is 295 g/mol. The van der Waals surface area contributed by atoms with Crippen molar-refractivity contribution >= 4 is 22.8 Å². The van der Waals surface area contributed by atoms with E-state index in [0.717, 1.165) is 5.75 Å². The molecule has 6 nitrogen and oxygen atoms in total. The second-order valence-electron chi connectivity index (χ2n) is 5.00. The fraction of sp³-hybridized carbons (Fsp3) is 0.833.